The fourth-order valence-electron chi connectivity index (χ4n) is 1.04. The van der Waals surface area contributed by atoms with E-state index in [0.29, 0.717) is 13.0 Å². The Bertz CT molecular complexity index is 206. The number of urea groups is 2. The van der Waals surface area contributed by atoms with Crippen LogP contribution in [0.15, 0.2) is 0 Å². The Morgan fingerprint density at radius 2 is 2.50 bits per heavy atom. The van der Waals surface area contributed by atoms with Gasteiger partial charge in [0.25, 0.3) is 0 Å². The van der Waals surface area contributed by atoms with E-state index in [-0.39, 0.29) is 12.2 Å². The number of nitrogens with zero attached hydrogens (tertiary/aromatic N) is 1. The van der Waals surface area contributed by atoms with Crippen LogP contribution in [0.4, 0.5) is 9.59 Å². The van der Waals surface area contributed by atoms with Crippen molar-refractivity contribution in [1.29, 1.82) is 0 Å². The molecular formula is C6H12N4O2. The van der Waals surface area contributed by atoms with E-state index in [9.17, 15) is 9.59 Å². The van der Waals surface area contributed by atoms with Crippen molar-refractivity contribution in [2.24, 2.45) is 5.73 Å². The topological polar surface area (TPSA) is 87.5 Å². The molecule has 1 unspecified atom stereocenters. The SMILES string of the molecule is CN1CCC(NC(N)=O)NC1=O. The van der Waals surface area contributed by atoms with Crippen LogP contribution < -0.4 is 16.4 Å². The van der Waals surface area contributed by atoms with Crippen molar-refractivity contribution in [2.45, 2.75) is 12.6 Å². The number of nitrogens with two attached hydrogens (primary N) is 1. The van der Waals surface area contributed by atoms with Gasteiger partial charge in [0.2, 0.25) is 0 Å². The molecule has 4 N–H and O–H groups in total. The van der Waals surface area contributed by atoms with Gasteiger partial charge < -0.3 is 21.3 Å². The number of amides is 4. The fourth-order valence-corrected chi connectivity index (χ4v) is 1.04. The molecule has 0 aliphatic carbocycles. The summed E-state index contributed by atoms with van der Waals surface area (Å²) in [6.07, 6.45) is 0.344. The molecule has 1 atom stereocenters. The summed E-state index contributed by atoms with van der Waals surface area (Å²) in [7, 11) is 1.69. The van der Waals surface area contributed by atoms with Crippen molar-refractivity contribution in [3.05, 3.63) is 0 Å². The molecule has 4 amide bonds. The molecule has 0 bridgehead atoms. The van der Waals surface area contributed by atoms with E-state index in [1.165, 1.54) is 0 Å². The summed E-state index contributed by atoms with van der Waals surface area (Å²) in [5.41, 5.74) is 4.89. The van der Waals surface area contributed by atoms with Crippen LogP contribution in [-0.4, -0.2) is 36.7 Å². The molecule has 0 radical (unpaired) electrons. The van der Waals surface area contributed by atoms with E-state index in [1.807, 2.05) is 0 Å². The summed E-state index contributed by atoms with van der Waals surface area (Å²) < 4.78 is 0. The zero-order valence-electron chi connectivity index (χ0n) is 6.83. The lowest BCUT2D eigenvalue weighted by atomic mass is 10.3. The second-order valence-corrected chi connectivity index (χ2v) is 2.72. The first kappa shape index (κ1) is 8.63. The molecule has 0 saturated carbocycles. The van der Waals surface area contributed by atoms with Crippen LogP contribution in [0, 0.1) is 0 Å². The molecule has 0 aromatic carbocycles. The average Bonchev–Trinajstić information content (AvgIpc) is 1.96. The van der Waals surface area contributed by atoms with Crippen LogP contribution in [0.25, 0.3) is 0 Å². The summed E-state index contributed by atoms with van der Waals surface area (Å²) in [6, 6.07) is -0.815. The monoisotopic (exact) mass is 172 g/mol. The van der Waals surface area contributed by atoms with Crippen LogP contribution in [0.5, 0.6) is 0 Å². The van der Waals surface area contributed by atoms with Crippen LogP contribution >= 0.6 is 0 Å². The molecule has 6 heteroatoms. The Labute approximate surface area is 70.1 Å². The van der Waals surface area contributed by atoms with Crippen molar-refractivity contribution in [2.75, 3.05) is 13.6 Å². The molecule has 1 rings (SSSR count). The molecule has 0 aromatic rings. The zero-order valence-corrected chi connectivity index (χ0v) is 6.83. The van der Waals surface area contributed by atoms with Crippen LogP contribution in [0.3, 0.4) is 0 Å². The van der Waals surface area contributed by atoms with Gasteiger partial charge in [0.05, 0.1) is 0 Å². The van der Waals surface area contributed by atoms with Gasteiger partial charge in [-0.05, 0) is 0 Å². The van der Waals surface area contributed by atoms with Crippen LogP contribution in [0.1, 0.15) is 6.42 Å². The third-order valence-corrected chi connectivity index (χ3v) is 1.71. The van der Waals surface area contributed by atoms with Gasteiger partial charge in [-0.2, -0.15) is 0 Å². The third kappa shape index (κ3) is 2.01. The standard InChI is InChI=1S/C6H12N4O2/c1-10-3-2-4(8-5(7)11)9-6(10)12/h4H,2-3H2,1H3,(H,9,12)(H3,7,8,11). The predicted molar refractivity (Wildman–Crippen MR) is 42.3 cm³/mol. The van der Waals surface area contributed by atoms with Crippen molar-refractivity contribution in [1.82, 2.24) is 15.5 Å². The van der Waals surface area contributed by atoms with Crippen LogP contribution in [0.2, 0.25) is 0 Å². The third-order valence-electron chi connectivity index (χ3n) is 1.71. The Kier molecular flexibility index (Phi) is 2.37. The maximum atomic E-state index is 11.0. The quantitative estimate of drug-likeness (QED) is 0.475. The maximum absolute atomic E-state index is 11.0. The van der Waals surface area contributed by atoms with Crippen LogP contribution in [-0.2, 0) is 0 Å². The molecule has 1 heterocycles. The average molecular weight is 172 g/mol. The molecule has 1 aliphatic rings. The van der Waals surface area contributed by atoms with E-state index >= 15 is 0 Å². The van der Waals surface area contributed by atoms with Crippen molar-refractivity contribution in [3.63, 3.8) is 0 Å². The van der Waals surface area contributed by atoms with Gasteiger partial charge in [0.15, 0.2) is 0 Å². The van der Waals surface area contributed by atoms with E-state index in [4.69, 9.17) is 5.73 Å². The fraction of sp³-hybridized carbons (Fsp3) is 0.667. The lowest BCUT2D eigenvalue weighted by Gasteiger charge is -2.30. The van der Waals surface area contributed by atoms with Gasteiger partial charge in [-0.15, -0.1) is 0 Å². The van der Waals surface area contributed by atoms with Gasteiger partial charge >= 0.3 is 12.1 Å². The smallest absolute Gasteiger partial charge is 0.318 e. The minimum atomic E-state index is -0.621. The summed E-state index contributed by atoms with van der Waals surface area (Å²) in [6.45, 7) is 0.622. The number of primary amides is 1. The highest BCUT2D eigenvalue weighted by Crippen LogP contribution is 1.99. The molecule has 1 saturated heterocycles. The first-order chi connectivity index (χ1) is 5.59. The Hall–Kier alpha value is -1.46. The van der Waals surface area contributed by atoms with E-state index in [2.05, 4.69) is 10.6 Å². The first-order valence-corrected chi connectivity index (χ1v) is 3.67. The Balaban J connectivity index is 2.40. The van der Waals surface area contributed by atoms with Gasteiger partial charge in [0, 0.05) is 20.0 Å². The number of carbonyl (C=O) groups excluding carboxylic acids is 2. The highest BCUT2D eigenvalue weighted by atomic mass is 16.2. The molecular weight excluding hydrogens is 160 g/mol. The number of rotatable bonds is 1. The number of hydrogen-bond donors (Lipinski definition) is 3. The second-order valence-electron chi connectivity index (χ2n) is 2.72. The molecule has 0 spiro atoms. The minimum Gasteiger partial charge on any atom is -0.352 e. The molecule has 1 aliphatic heterocycles. The zero-order chi connectivity index (χ0) is 9.14. The van der Waals surface area contributed by atoms with Gasteiger partial charge in [-0.25, -0.2) is 9.59 Å². The normalized spacial score (nSPS) is 23.2. The number of hydrogen-bond acceptors (Lipinski definition) is 2. The molecule has 1 fully saturated rings. The second kappa shape index (κ2) is 3.29. The Morgan fingerprint density at radius 3 is 3.00 bits per heavy atom. The number of nitrogens with one attached hydrogen (secondary N) is 2. The van der Waals surface area contributed by atoms with Gasteiger partial charge in [-0.3, -0.25) is 0 Å². The highest BCUT2D eigenvalue weighted by Gasteiger charge is 2.22. The molecule has 68 valence electrons. The summed E-state index contributed by atoms with van der Waals surface area (Å²) in [5.74, 6) is 0. The van der Waals surface area contributed by atoms with Crippen molar-refractivity contribution in [3.8, 4) is 0 Å². The van der Waals surface area contributed by atoms with Gasteiger partial charge in [-0.1, -0.05) is 0 Å². The Morgan fingerprint density at radius 1 is 1.83 bits per heavy atom. The maximum Gasteiger partial charge on any atom is 0.318 e. The van der Waals surface area contributed by atoms with Crippen molar-refractivity contribution < 1.29 is 9.59 Å². The van der Waals surface area contributed by atoms with E-state index in [1.54, 1.807) is 11.9 Å². The largest absolute Gasteiger partial charge is 0.352 e. The minimum absolute atomic E-state index is 0.194. The van der Waals surface area contributed by atoms with Crippen molar-refractivity contribution >= 4 is 12.1 Å². The van der Waals surface area contributed by atoms with E-state index < -0.39 is 6.03 Å². The predicted octanol–water partition coefficient (Wildman–Crippen LogP) is -0.974. The lowest BCUT2D eigenvalue weighted by Crippen LogP contribution is -2.57. The molecule has 12 heavy (non-hydrogen) atoms. The highest BCUT2D eigenvalue weighted by molar-refractivity contribution is 5.77. The summed E-state index contributed by atoms with van der Waals surface area (Å²) in [4.78, 5) is 23.0. The number of carbonyl (C=O) groups is 2. The summed E-state index contributed by atoms with van der Waals surface area (Å²) in [5, 5.41) is 4.99. The molecule has 0 aromatic heterocycles. The lowest BCUT2D eigenvalue weighted by molar-refractivity contribution is 0.181. The summed E-state index contributed by atoms with van der Waals surface area (Å²) >= 11 is 0. The van der Waals surface area contributed by atoms with Gasteiger partial charge in [0.1, 0.15) is 6.17 Å². The molecule has 6 nitrogen and oxygen atoms in total. The first-order valence-electron chi connectivity index (χ1n) is 3.67. The van der Waals surface area contributed by atoms with E-state index in [0.717, 1.165) is 0 Å².